The highest BCUT2D eigenvalue weighted by atomic mass is 16.5. The van der Waals surface area contributed by atoms with Crippen LogP contribution in [0.4, 0.5) is 0 Å². The number of benzene rings is 2. The molecule has 2 aliphatic rings. The second-order valence-electron chi connectivity index (χ2n) is 7.46. The molecule has 0 spiro atoms. The van der Waals surface area contributed by atoms with Crippen LogP contribution in [0.2, 0.25) is 0 Å². The molecule has 2 aromatic rings. The zero-order valence-electron chi connectivity index (χ0n) is 15.9. The number of nitrogens with one attached hydrogen (secondary N) is 2. The summed E-state index contributed by atoms with van der Waals surface area (Å²) in [5.74, 6) is -0.215. The summed E-state index contributed by atoms with van der Waals surface area (Å²) in [7, 11) is 0. The van der Waals surface area contributed by atoms with Crippen molar-refractivity contribution >= 4 is 5.91 Å². The molecule has 2 aromatic carbocycles. The number of ether oxygens (including phenoxy) is 1. The lowest BCUT2D eigenvalue weighted by molar-refractivity contribution is -0.132. The van der Waals surface area contributed by atoms with E-state index in [0.717, 1.165) is 31.4 Å². The highest BCUT2D eigenvalue weighted by molar-refractivity contribution is 5.81. The maximum absolute atomic E-state index is 12.5. The Morgan fingerprint density at radius 1 is 1.21 bits per heavy atom. The minimum Gasteiger partial charge on any atom is -0.367 e. The lowest BCUT2D eigenvalue weighted by atomic mass is 9.84. The molecule has 0 radical (unpaired) electrons. The van der Waals surface area contributed by atoms with Crippen LogP contribution >= 0.6 is 0 Å². The van der Waals surface area contributed by atoms with E-state index >= 15 is 0 Å². The summed E-state index contributed by atoms with van der Waals surface area (Å²) in [5, 5.41) is 15.6. The molecule has 0 bridgehead atoms. The van der Waals surface area contributed by atoms with Crippen LogP contribution in [0, 0.1) is 11.3 Å². The molecule has 144 valence electrons. The van der Waals surface area contributed by atoms with Gasteiger partial charge in [-0.2, -0.15) is 5.26 Å². The van der Waals surface area contributed by atoms with Gasteiger partial charge in [0.2, 0.25) is 0 Å². The van der Waals surface area contributed by atoms with Gasteiger partial charge in [-0.1, -0.05) is 42.5 Å². The van der Waals surface area contributed by atoms with Crippen molar-refractivity contribution in [2.75, 3.05) is 19.7 Å². The summed E-state index contributed by atoms with van der Waals surface area (Å²) in [6.07, 6.45) is 2.90. The quantitative estimate of drug-likeness (QED) is 0.861. The van der Waals surface area contributed by atoms with E-state index in [9.17, 15) is 10.1 Å². The second kappa shape index (κ2) is 8.55. The summed E-state index contributed by atoms with van der Waals surface area (Å²) in [4.78, 5) is 12.5. The third kappa shape index (κ3) is 4.09. The Balaban J connectivity index is 1.45. The van der Waals surface area contributed by atoms with Crippen LogP contribution in [0.15, 0.2) is 42.5 Å². The van der Waals surface area contributed by atoms with E-state index in [-0.39, 0.29) is 5.91 Å². The topological polar surface area (TPSA) is 74.2 Å². The molecule has 28 heavy (non-hydrogen) atoms. The molecular formula is C23H25N3O2. The molecular weight excluding hydrogens is 350 g/mol. The summed E-state index contributed by atoms with van der Waals surface area (Å²) < 4.78 is 5.58. The Labute approximate surface area is 165 Å². The van der Waals surface area contributed by atoms with Gasteiger partial charge in [-0.3, -0.25) is 4.79 Å². The number of carbonyl (C=O) groups is 1. The van der Waals surface area contributed by atoms with E-state index in [1.807, 2.05) is 0 Å². The number of carbonyl (C=O) groups excluding carboxylic acids is 1. The Morgan fingerprint density at radius 2 is 2.04 bits per heavy atom. The predicted molar refractivity (Wildman–Crippen MR) is 108 cm³/mol. The Morgan fingerprint density at radius 3 is 2.93 bits per heavy atom. The maximum atomic E-state index is 12.5. The van der Waals surface area contributed by atoms with Crippen molar-refractivity contribution in [1.82, 2.24) is 10.6 Å². The molecule has 5 nitrogen and oxygen atoms in total. The Hall–Kier alpha value is -2.68. The van der Waals surface area contributed by atoms with Gasteiger partial charge in [-0.25, -0.2) is 0 Å². The highest BCUT2D eigenvalue weighted by Gasteiger charge is 2.24. The first-order chi connectivity index (χ1) is 13.7. The highest BCUT2D eigenvalue weighted by Crippen LogP contribution is 2.33. The summed E-state index contributed by atoms with van der Waals surface area (Å²) >= 11 is 0. The third-order valence-electron chi connectivity index (χ3n) is 5.49. The third-order valence-corrected chi connectivity index (χ3v) is 5.49. The fourth-order valence-electron chi connectivity index (χ4n) is 4.03. The number of aryl methyl sites for hydroxylation is 2. The van der Waals surface area contributed by atoms with Crippen LogP contribution in [0.5, 0.6) is 0 Å². The number of hydrogen-bond donors (Lipinski definition) is 2. The number of amides is 1. The van der Waals surface area contributed by atoms with Crippen molar-refractivity contribution in [2.45, 2.75) is 37.8 Å². The zero-order valence-corrected chi connectivity index (χ0v) is 15.9. The van der Waals surface area contributed by atoms with Crippen LogP contribution in [0.25, 0.3) is 11.1 Å². The van der Waals surface area contributed by atoms with Gasteiger partial charge >= 0.3 is 0 Å². The van der Waals surface area contributed by atoms with Crippen LogP contribution in [0.1, 0.15) is 23.1 Å². The van der Waals surface area contributed by atoms with Crippen molar-refractivity contribution in [3.05, 3.63) is 59.2 Å². The van der Waals surface area contributed by atoms with E-state index in [2.05, 4.69) is 59.2 Å². The number of rotatable bonds is 4. The minimum atomic E-state index is -0.562. The molecule has 1 fully saturated rings. The average molecular weight is 375 g/mol. The Bertz CT molecular complexity index is 895. The fraction of sp³-hybridized carbons (Fsp3) is 0.391. The normalized spacial score (nSPS) is 19.5. The van der Waals surface area contributed by atoms with E-state index in [4.69, 9.17) is 4.74 Å². The van der Waals surface area contributed by atoms with Gasteiger partial charge in [0.1, 0.15) is 12.1 Å². The molecule has 0 unspecified atom stereocenters. The number of nitrogens with zero attached hydrogens (tertiary/aromatic N) is 1. The van der Waals surface area contributed by atoms with Crippen LogP contribution < -0.4 is 10.6 Å². The molecule has 0 saturated carbocycles. The number of nitriles is 1. The lowest BCUT2D eigenvalue weighted by Crippen LogP contribution is -2.46. The van der Waals surface area contributed by atoms with Crippen molar-refractivity contribution in [1.29, 1.82) is 5.26 Å². The molecule has 5 heteroatoms. The monoisotopic (exact) mass is 375 g/mol. The van der Waals surface area contributed by atoms with Crippen LogP contribution in [-0.4, -0.2) is 37.7 Å². The first kappa shape index (κ1) is 18.7. The molecule has 4 rings (SSSR count). The van der Waals surface area contributed by atoms with Gasteiger partial charge in [0.25, 0.3) is 5.91 Å². The van der Waals surface area contributed by atoms with E-state index in [0.29, 0.717) is 19.6 Å². The van der Waals surface area contributed by atoms with Gasteiger partial charge in [0.05, 0.1) is 6.07 Å². The standard InChI is InChI=1S/C23H25N3O2/c24-14-19(26-23(27)22-15-25-10-3-11-28-22)13-16-6-9-21-18(12-16)8-7-17-4-1-2-5-20(17)21/h1-2,4-6,9,12,19,22,25H,3,7-8,10-11,13,15H2,(H,26,27)/t19-,22-/m0/s1. The van der Waals surface area contributed by atoms with Gasteiger partial charge in [0.15, 0.2) is 0 Å². The predicted octanol–water partition coefficient (Wildman–Crippen LogP) is 2.38. The summed E-state index contributed by atoms with van der Waals surface area (Å²) in [5.41, 5.74) is 6.36. The molecule has 1 heterocycles. The van der Waals surface area contributed by atoms with Crippen molar-refractivity contribution in [3.8, 4) is 17.2 Å². The molecule has 1 amide bonds. The molecule has 1 saturated heterocycles. The Kier molecular flexibility index (Phi) is 5.70. The fourth-order valence-corrected chi connectivity index (χ4v) is 4.03. The minimum absolute atomic E-state index is 0.215. The molecule has 1 aliphatic carbocycles. The van der Waals surface area contributed by atoms with Crippen molar-refractivity contribution in [3.63, 3.8) is 0 Å². The largest absolute Gasteiger partial charge is 0.367 e. The lowest BCUT2D eigenvalue weighted by Gasteiger charge is -2.21. The van der Waals surface area contributed by atoms with E-state index < -0.39 is 12.1 Å². The maximum Gasteiger partial charge on any atom is 0.251 e. The average Bonchev–Trinajstić information content (AvgIpc) is 3.02. The zero-order chi connectivity index (χ0) is 19.3. The number of hydrogen-bond acceptors (Lipinski definition) is 4. The van der Waals surface area contributed by atoms with E-state index in [1.54, 1.807) is 0 Å². The number of fused-ring (bicyclic) bond motifs is 3. The molecule has 2 atom stereocenters. The first-order valence-electron chi connectivity index (χ1n) is 9.97. The smallest absolute Gasteiger partial charge is 0.251 e. The van der Waals surface area contributed by atoms with Crippen LogP contribution in [-0.2, 0) is 28.8 Å². The SMILES string of the molecule is N#C[C@H](Cc1ccc2c(c1)CCc1ccccc1-2)NC(=O)[C@@H]1CNCCCO1. The molecule has 2 N–H and O–H groups in total. The van der Waals surface area contributed by atoms with Gasteiger partial charge in [0, 0.05) is 19.6 Å². The van der Waals surface area contributed by atoms with Crippen LogP contribution in [0.3, 0.4) is 0 Å². The van der Waals surface area contributed by atoms with Gasteiger partial charge in [-0.15, -0.1) is 0 Å². The van der Waals surface area contributed by atoms with Gasteiger partial charge in [-0.05, 0) is 53.6 Å². The second-order valence-corrected chi connectivity index (χ2v) is 7.46. The first-order valence-corrected chi connectivity index (χ1v) is 9.97. The van der Waals surface area contributed by atoms with Crippen molar-refractivity contribution in [2.24, 2.45) is 0 Å². The summed E-state index contributed by atoms with van der Waals surface area (Å²) in [6.45, 7) is 1.90. The molecule has 1 aliphatic heterocycles. The molecule has 0 aromatic heterocycles. The van der Waals surface area contributed by atoms with E-state index in [1.165, 1.54) is 22.3 Å². The van der Waals surface area contributed by atoms with Gasteiger partial charge < -0.3 is 15.4 Å². The summed E-state index contributed by atoms with van der Waals surface area (Å²) in [6, 6.07) is 16.6. The van der Waals surface area contributed by atoms with Crippen molar-refractivity contribution < 1.29 is 9.53 Å².